The lowest BCUT2D eigenvalue weighted by Gasteiger charge is -2.28. The summed E-state index contributed by atoms with van der Waals surface area (Å²) in [5.41, 5.74) is -0.793. The van der Waals surface area contributed by atoms with Crippen molar-refractivity contribution in [3.63, 3.8) is 0 Å². The van der Waals surface area contributed by atoms with Crippen molar-refractivity contribution < 1.29 is 22.4 Å². The average Bonchev–Trinajstić information content (AvgIpc) is 3.02. The topological polar surface area (TPSA) is 73.1 Å². The zero-order valence-electron chi connectivity index (χ0n) is 13.7. The van der Waals surface area contributed by atoms with Gasteiger partial charge in [-0.25, -0.2) is 0 Å². The predicted octanol–water partition coefficient (Wildman–Crippen LogP) is 3.05. The minimum absolute atomic E-state index is 0.0425. The third-order valence-electron chi connectivity index (χ3n) is 4.23. The molecule has 0 bridgehead atoms. The number of pyridine rings is 1. The Kier molecular flexibility index (Phi) is 5.33. The molecule has 0 aliphatic carbocycles. The van der Waals surface area contributed by atoms with Crippen molar-refractivity contribution in [2.45, 2.75) is 38.5 Å². The van der Waals surface area contributed by atoms with E-state index in [1.807, 2.05) is 0 Å². The van der Waals surface area contributed by atoms with Gasteiger partial charge in [-0.15, -0.1) is 0 Å². The molecule has 0 unspecified atom stereocenters. The van der Waals surface area contributed by atoms with E-state index in [2.05, 4.69) is 20.4 Å². The standard InChI is InChI=1S/C16H19F3N4O2/c1-10-22-15(25-23-10)14(11-4-7-24-8-5-11)21-9-13-12(16(17,18)19)3-2-6-20-13/h2-3,6,11,14,21H,4-5,7-9H2,1H3/t14-/m1/s1. The molecule has 1 aliphatic rings. The normalized spacial score (nSPS) is 17.6. The second-order valence-electron chi connectivity index (χ2n) is 5.98. The van der Waals surface area contributed by atoms with Crippen LogP contribution < -0.4 is 5.32 Å². The van der Waals surface area contributed by atoms with Gasteiger partial charge in [-0.2, -0.15) is 18.2 Å². The average molecular weight is 356 g/mol. The van der Waals surface area contributed by atoms with Crippen LogP contribution in [0.2, 0.25) is 0 Å². The number of hydrogen-bond donors (Lipinski definition) is 1. The molecule has 0 spiro atoms. The predicted molar refractivity (Wildman–Crippen MR) is 81.4 cm³/mol. The number of nitrogens with zero attached hydrogens (tertiary/aromatic N) is 3. The number of alkyl halides is 3. The van der Waals surface area contributed by atoms with Gasteiger partial charge < -0.3 is 9.26 Å². The second kappa shape index (κ2) is 7.49. The Balaban J connectivity index is 1.79. The lowest BCUT2D eigenvalue weighted by molar-refractivity contribution is -0.138. The van der Waals surface area contributed by atoms with Gasteiger partial charge in [-0.1, -0.05) is 5.16 Å². The molecule has 0 saturated carbocycles. The minimum Gasteiger partial charge on any atom is -0.381 e. The van der Waals surface area contributed by atoms with Crippen LogP contribution in [0.15, 0.2) is 22.9 Å². The molecule has 0 radical (unpaired) electrons. The summed E-state index contributed by atoms with van der Waals surface area (Å²) in [4.78, 5) is 8.13. The fourth-order valence-electron chi connectivity index (χ4n) is 2.99. The van der Waals surface area contributed by atoms with Crippen LogP contribution in [0.5, 0.6) is 0 Å². The van der Waals surface area contributed by atoms with Crippen molar-refractivity contribution in [1.29, 1.82) is 0 Å². The molecule has 1 aliphatic heterocycles. The van der Waals surface area contributed by atoms with Gasteiger partial charge in [0.1, 0.15) is 0 Å². The Bertz CT molecular complexity index is 699. The monoisotopic (exact) mass is 356 g/mol. The summed E-state index contributed by atoms with van der Waals surface area (Å²) in [5, 5.41) is 6.92. The zero-order chi connectivity index (χ0) is 17.9. The van der Waals surface area contributed by atoms with E-state index in [9.17, 15) is 13.2 Å². The van der Waals surface area contributed by atoms with Gasteiger partial charge in [0.05, 0.1) is 17.3 Å². The molecule has 9 heteroatoms. The summed E-state index contributed by atoms with van der Waals surface area (Å²) in [6.07, 6.45) is -1.55. The first-order chi connectivity index (χ1) is 11.9. The Morgan fingerprint density at radius 3 is 2.72 bits per heavy atom. The molecule has 25 heavy (non-hydrogen) atoms. The van der Waals surface area contributed by atoms with E-state index in [-0.39, 0.29) is 24.2 Å². The van der Waals surface area contributed by atoms with Crippen LogP contribution >= 0.6 is 0 Å². The molecule has 2 aromatic heterocycles. The maximum atomic E-state index is 13.1. The SMILES string of the molecule is Cc1noc([C@H](NCc2ncccc2C(F)(F)F)C2CCOCC2)n1. The van der Waals surface area contributed by atoms with Gasteiger partial charge in [0.25, 0.3) is 0 Å². The van der Waals surface area contributed by atoms with E-state index in [0.29, 0.717) is 24.9 Å². The highest BCUT2D eigenvalue weighted by Crippen LogP contribution is 2.33. The van der Waals surface area contributed by atoms with E-state index in [0.717, 1.165) is 18.9 Å². The molecule has 0 aromatic carbocycles. The van der Waals surface area contributed by atoms with E-state index in [1.165, 1.54) is 12.3 Å². The first-order valence-electron chi connectivity index (χ1n) is 8.07. The van der Waals surface area contributed by atoms with Crippen molar-refractivity contribution in [1.82, 2.24) is 20.4 Å². The molecule has 1 fully saturated rings. The van der Waals surface area contributed by atoms with E-state index >= 15 is 0 Å². The Morgan fingerprint density at radius 1 is 1.32 bits per heavy atom. The largest absolute Gasteiger partial charge is 0.418 e. The summed E-state index contributed by atoms with van der Waals surface area (Å²) in [6, 6.07) is 1.97. The van der Waals surface area contributed by atoms with Gasteiger partial charge in [-0.05, 0) is 37.8 Å². The number of ether oxygens (including phenoxy) is 1. The second-order valence-corrected chi connectivity index (χ2v) is 5.98. The molecule has 3 heterocycles. The Hall–Kier alpha value is -2.00. The maximum Gasteiger partial charge on any atom is 0.418 e. The number of halogens is 3. The summed E-state index contributed by atoms with van der Waals surface area (Å²) in [6.45, 7) is 2.87. The van der Waals surface area contributed by atoms with E-state index in [4.69, 9.17) is 9.26 Å². The zero-order valence-corrected chi connectivity index (χ0v) is 13.7. The molecule has 2 aromatic rings. The van der Waals surface area contributed by atoms with Crippen LogP contribution in [-0.2, 0) is 17.5 Å². The van der Waals surface area contributed by atoms with Crippen molar-refractivity contribution >= 4 is 0 Å². The Morgan fingerprint density at radius 2 is 2.08 bits per heavy atom. The fraction of sp³-hybridized carbons (Fsp3) is 0.562. The Labute approximate surface area is 142 Å². The summed E-state index contributed by atoms with van der Waals surface area (Å²) < 4.78 is 50.0. The van der Waals surface area contributed by atoms with Crippen LogP contribution in [0.3, 0.4) is 0 Å². The minimum atomic E-state index is -4.44. The number of nitrogens with one attached hydrogen (secondary N) is 1. The fourth-order valence-corrected chi connectivity index (χ4v) is 2.99. The van der Waals surface area contributed by atoms with Gasteiger partial charge in [-0.3, -0.25) is 10.3 Å². The molecule has 1 N–H and O–H groups in total. The number of aromatic nitrogens is 3. The van der Waals surface area contributed by atoms with Gasteiger partial charge >= 0.3 is 6.18 Å². The van der Waals surface area contributed by atoms with Gasteiger partial charge in [0.15, 0.2) is 5.82 Å². The molecule has 136 valence electrons. The maximum absolute atomic E-state index is 13.1. The third-order valence-corrected chi connectivity index (χ3v) is 4.23. The molecular weight excluding hydrogens is 337 g/mol. The quantitative estimate of drug-likeness (QED) is 0.888. The van der Waals surface area contributed by atoms with Crippen molar-refractivity contribution in [2.24, 2.45) is 5.92 Å². The van der Waals surface area contributed by atoms with Gasteiger partial charge in [0, 0.05) is 26.0 Å². The van der Waals surface area contributed by atoms with Crippen LogP contribution in [-0.4, -0.2) is 28.3 Å². The lowest BCUT2D eigenvalue weighted by atomic mass is 9.91. The number of rotatable bonds is 5. The first-order valence-corrected chi connectivity index (χ1v) is 8.07. The molecular formula is C16H19F3N4O2. The highest BCUT2D eigenvalue weighted by molar-refractivity contribution is 5.23. The smallest absolute Gasteiger partial charge is 0.381 e. The summed E-state index contributed by atoms with van der Waals surface area (Å²) >= 11 is 0. The van der Waals surface area contributed by atoms with Crippen molar-refractivity contribution in [3.05, 3.63) is 41.3 Å². The number of hydrogen-bond acceptors (Lipinski definition) is 6. The number of aryl methyl sites for hydroxylation is 1. The molecule has 6 nitrogen and oxygen atoms in total. The van der Waals surface area contributed by atoms with Crippen molar-refractivity contribution in [3.8, 4) is 0 Å². The molecule has 1 atom stereocenters. The molecule has 0 amide bonds. The van der Waals surface area contributed by atoms with Crippen LogP contribution in [0.1, 0.15) is 41.9 Å². The molecule has 1 saturated heterocycles. The van der Waals surface area contributed by atoms with Crippen LogP contribution in [0, 0.1) is 12.8 Å². The van der Waals surface area contributed by atoms with E-state index in [1.54, 1.807) is 6.92 Å². The van der Waals surface area contributed by atoms with Gasteiger partial charge in [0.2, 0.25) is 5.89 Å². The first kappa shape index (κ1) is 17.8. The summed E-state index contributed by atoms with van der Waals surface area (Å²) in [7, 11) is 0. The van der Waals surface area contributed by atoms with E-state index < -0.39 is 11.7 Å². The summed E-state index contributed by atoms with van der Waals surface area (Å²) in [5.74, 6) is 1.02. The highest BCUT2D eigenvalue weighted by atomic mass is 19.4. The van der Waals surface area contributed by atoms with Crippen molar-refractivity contribution in [2.75, 3.05) is 13.2 Å². The molecule has 3 rings (SSSR count). The lowest BCUT2D eigenvalue weighted by Crippen LogP contribution is -2.33. The van der Waals surface area contributed by atoms with Crippen LogP contribution in [0.25, 0.3) is 0 Å². The third kappa shape index (κ3) is 4.35. The highest BCUT2D eigenvalue weighted by Gasteiger charge is 2.35. The van der Waals surface area contributed by atoms with Crippen LogP contribution in [0.4, 0.5) is 13.2 Å².